The summed E-state index contributed by atoms with van der Waals surface area (Å²) in [5.74, 6) is 0.953. The third-order valence-electron chi connectivity index (χ3n) is 2.85. The molecule has 0 saturated carbocycles. The fourth-order valence-corrected chi connectivity index (χ4v) is 1.71. The molecule has 90 valence electrons. The Morgan fingerprint density at radius 3 is 2.50 bits per heavy atom. The van der Waals surface area contributed by atoms with Crippen molar-refractivity contribution in [2.45, 2.75) is 34.1 Å². The van der Waals surface area contributed by atoms with Gasteiger partial charge in [0.2, 0.25) is 0 Å². The minimum Gasteiger partial charge on any atom is -0.494 e. The summed E-state index contributed by atoms with van der Waals surface area (Å²) in [4.78, 5) is 0. The summed E-state index contributed by atoms with van der Waals surface area (Å²) in [6.45, 7) is 9.95. The van der Waals surface area contributed by atoms with E-state index in [0.717, 1.165) is 12.2 Å². The Kier molecular flexibility index (Phi) is 4.36. The van der Waals surface area contributed by atoms with Crippen LogP contribution in [0.5, 0.6) is 5.75 Å². The molecule has 1 aromatic rings. The molecule has 0 saturated heterocycles. The Morgan fingerprint density at radius 2 is 2.00 bits per heavy atom. The molecule has 1 aromatic carbocycles. The van der Waals surface area contributed by atoms with Gasteiger partial charge in [-0.25, -0.2) is 0 Å². The predicted molar refractivity (Wildman–Crippen MR) is 68.9 cm³/mol. The highest BCUT2D eigenvalue weighted by molar-refractivity contribution is 5.35. The van der Waals surface area contributed by atoms with Crippen molar-refractivity contribution < 1.29 is 4.74 Å². The lowest BCUT2D eigenvalue weighted by atomic mass is 9.84. The Hall–Kier alpha value is -1.02. The van der Waals surface area contributed by atoms with Gasteiger partial charge in [0, 0.05) is 0 Å². The highest BCUT2D eigenvalue weighted by Crippen LogP contribution is 2.25. The average molecular weight is 221 g/mol. The van der Waals surface area contributed by atoms with Crippen molar-refractivity contribution in [2.24, 2.45) is 11.1 Å². The van der Waals surface area contributed by atoms with Crippen molar-refractivity contribution in [1.82, 2.24) is 0 Å². The maximum Gasteiger partial charge on any atom is 0.119 e. The summed E-state index contributed by atoms with van der Waals surface area (Å²) in [5, 5.41) is 0. The van der Waals surface area contributed by atoms with Crippen LogP contribution in [-0.4, -0.2) is 13.2 Å². The summed E-state index contributed by atoms with van der Waals surface area (Å²) in [5.41, 5.74) is 8.57. The Labute approximate surface area is 98.8 Å². The fourth-order valence-electron chi connectivity index (χ4n) is 1.71. The topological polar surface area (TPSA) is 35.2 Å². The van der Waals surface area contributed by atoms with Gasteiger partial charge >= 0.3 is 0 Å². The van der Waals surface area contributed by atoms with E-state index in [1.165, 1.54) is 11.1 Å². The summed E-state index contributed by atoms with van der Waals surface area (Å²) < 4.78 is 5.47. The van der Waals surface area contributed by atoms with E-state index in [-0.39, 0.29) is 5.41 Å². The molecule has 2 nitrogen and oxygen atoms in total. The maximum absolute atomic E-state index is 5.76. The third-order valence-corrected chi connectivity index (χ3v) is 2.85. The molecule has 2 heteroatoms. The normalized spacial score (nSPS) is 11.6. The zero-order valence-corrected chi connectivity index (χ0v) is 10.8. The SMILES string of the molecule is CCOc1ccc(CC(C)(C)CN)c(C)c1. The lowest BCUT2D eigenvalue weighted by Gasteiger charge is -2.23. The van der Waals surface area contributed by atoms with Crippen LogP contribution in [0.25, 0.3) is 0 Å². The zero-order valence-electron chi connectivity index (χ0n) is 10.8. The van der Waals surface area contributed by atoms with Gasteiger partial charge in [-0.05, 0) is 55.5 Å². The first-order valence-electron chi connectivity index (χ1n) is 5.91. The molecule has 0 fully saturated rings. The van der Waals surface area contributed by atoms with Gasteiger partial charge < -0.3 is 10.5 Å². The summed E-state index contributed by atoms with van der Waals surface area (Å²) in [6.07, 6.45) is 1.02. The lowest BCUT2D eigenvalue weighted by molar-refractivity contribution is 0.339. The first kappa shape index (κ1) is 13.0. The van der Waals surface area contributed by atoms with Gasteiger partial charge in [-0.1, -0.05) is 19.9 Å². The molecule has 0 atom stereocenters. The average Bonchev–Trinajstić information content (AvgIpc) is 2.23. The predicted octanol–water partition coefficient (Wildman–Crippen LogP) is 2.92. The van der Waals surface area contributed by atoms with Gasteiger partial charge in [0.05, 0.1) is 6.61 Å². The van der Waals surface area contributed by atoms with E-state index in [2.05, 4.69) is 32.9 Å². The highest BCUT2D eigenvalue weighted by atomic mass is 16.5. The first-order chi connectivity index (χ1) is 7.48. The molecular weight excluding hydrogens is 198 g/mol. The fraction of sp³-hybridized carbons (Fsp3) is 0.571. The standard InChI is InChI=1S/C14H23NO/c1-5-16-13-7-6-12(11(2)8-13)9-14(3,4)10-15/h6-8H,5,9-10,15H2,1-4H3. The molecule has 0 aliphatic heterocycles. The number of hydrogen-bond acceptors (Lipinski definition) is 2. The largest absolute Gasteiger partial charge is 0.494 e. The molecule has 0 aliphatic carbocycles. The van der Waals surface area contributed by atoms with Gasteiger partial charge in [0.15, 0.2) is 0 Å². The summed E-state index contributed by atoms with van der Waals surface area (Å²) in [7, 11) is 0. The van der Waals surface area contributed by atoms with Gasteiger partial charge in [-0.3, -0.25) is 0 Å². The van der Waals surface area contributed by atoms with Crippen LogP contribution < -0.4 is 10.5 Å². The van der Waals surface area contributed by atoms with Crippen molar-refractivity contribution >= 4 is 0 Å². The molecule has 0 heterocycles. The molecular formula is C14H23NO. The molecule has 0 radical (unpaired) electrons. The molecule has 1 rings (SSSR count). The molecule has 16 heavy (non-hydrogen) atoms. The minimum atomic E-state index is 0.165. The van der Waals surface area contributed by atoms with Gasteiger partial charge in [0.25, 0.3) is 0 Å². The van der Waals surface area contributed by atoms with Gasteiger partial charge in [0.1, 0.15) is 5.75 Å². The van der Waals surface area contributed by atoms with Gasteiger partial charge in [-0.15, -0.1) is 0 Å². The second kappa shape index (κ2) is 5.35. The number of rotatable bonds is 5. The van der Waals surface area contributed by atoms with Crippen LogP contribution in [0.2, 0.25) is 0 Å². The molecule has 0 aliphatic rings. The number of ether oxygens (including phenoxy) is 1. The lowest BCUT2D eigenvalue weighted by Crippen LogP contribution is -2.26. The van der Waals surface area contributed by atoms with E-state index in [9.17, 15) is 0 Å². The molecule has 0 spiro atoms. The minimum absolute atomic E-state index is 0.165. The Bertz CT molecular complexity index is 345. The van der Waals surface area contributed by atoms with Crippen LogP contribution in [-0.2, 0) is 6.42 Å². The number of benzene rings is 1. The Balaban J connectivity index is 2.83. The van der Waals surface area contributed by atoms with E-state index in [1.807, 2.05) is 13.0 Å². The van der Waals surface area contributed by atoms with Crippen molar-refractivity contribution in [1.29, 1.82) is 0 Å². The first-order valence-corrected chi connectivity index (χ1v) is 5.91. The highest BCUT2D eigenvalue weighted by Gasteiger charge is 2.17. The Morgan fingerprint density at radius 1 is 1.31 bits per heavy atom. The number of nitrogens with two attached hydrogens (primary N) is 1. The van der Waals surface area contributed by atoms with Crippen molar-refractivity contribution in [3.05, 3.63) is 29.3 Å². The maximum atomic E-state index is 5.76. The zero-order chi connectivity index (χ0) is 12.2. The van der Waals surface area contributed by atoms with Gasteiger partial charge in [-0.2, -0.15) is 0 Å². The second-order valence-corrected chi connectivity index (χ2v) is 5.07. The molecule has 0 amide bonds. The van der Waals surface area contributed by atoms with E-state index >= 15 is 0 Å². The van der Waals surface area contributed by atoms with Crippen molar-refractivity contribution in [3.63, 3.8) is 0 Å². The summed E-state index contributed by atoms with van der Waals surface area (Å²) >= 11 is 0. The van der Waals surface area contributed by atoms with Crippen LogP contribution in [0.4, 0.5) is 0 Å². The van der Waals surface area contributed by atoms with Crippen LogP contribution >= 0.6 is 0 Å². The van der Waals surface area contributed by atoms with Crippen LogP contribution in [0.15, 0.2) is 18.2 Å². The monoisotopic (exact) mass is 221 g/mol. The molecule has 2 N–H and O–H groups in total. The second-order valence-electron chi connectivity index (χ2n) is 5.07. The molecule has 0 bridgehead atoms. The van der Waals surface area contributed by atoms with Crippen LogP contribution in [0.3, 0.4) is 0 Å². The molecule has 0 unspecified atom stereocenters. The third kappa shape index (κ3) is 3.53. The van der Waals surface area contributed by atoms with E-state index in [1.54, 1.807) is 0 Å². The van der Waals surface area contributed by atoms with E-state index in [4.69, 9.17) is 10.5 Å². The molecule has 0 aromatic heterocycles. The summed E-state index contributed by atoms with van der Waals surface area (Å²) in [6, 6.07) is 6.29. The number of aryl methyl sites for hydroxylation is 1. The van der Waals surface area contributed by atoms with E-state index < -0.39 is 0 Å². The van der Waals surface area contributed by atoms with E-state index in [0.29, 0.717) is 13.2 Å². The van der Waals surface area contributed by atoms with Crippen LogP contribution in [0, 0.1) is 12.3 Å². The van der Waals surface area contributed by atoms with Crippen LogP contribution in [0.1, 0.15) is 31.9 Å². The van der Waals surface area contributed by atoms with Crippen molar-refractivity contribution in [3.8, 4) is 5.75 Å². The number of hydrogen-bond donors (Lipinski definition) is 1. The smallest absolute Gasteiger partial charge is 0.119 e. The van der Waals surface area contributed by atoms with Crippen molar-refractivity contribution in [2.75, 3.05) is 13.2 Å². The quantitative estimate of drug-likeness (QED) is 0.829.